The van der Waals surface area contributed by atoms with Crippen LogP contribution in [0.1, 0.15) is 11.3 Å². The number of nitrogens with one attached hydrogen (secondary N) is 1. The van der Waals surface area contributed by atoms with E-state index in [1.165, 1.54) is 6.08 Å². The number of aromatic nitrogens is 1. The number of urea groups is 1. The smallest absolute Gasteiger partial charge is 0.335 e. The monoisotopic (exact) mass is 414 g/mol. The van der Waals surface area contributed by atoms with Gasteiger partial charge in [0.1, 0.15) is 5.57 Å². The van der Waals surface area contributed by atoms with E-state index in [2.05, 4.69) is 5.32 Å². The largest absolute Gasteiger partial charge is 0.378 e. The average molecular weight is 414 g/mol. The van der Waals surface area contributed by atoms with Crippen molar-refractivity contribution in [3.05, 3.63) is 83.7 Å². The van der Waals surface area contributed by atoms with Crippen LogP contribution in [-0.4, -0.2) is 36.5 Å². The maximum absolute atomic E-state index is 13.2. The highest BCUT2D eigenvalue weighted by Gasteiger charge is 2.37. The van der Waals surface area contributed by atoms with E-state index < -0.39 is 17.8 Å². The number of nitrogens with zero attached hydrogens (tertiary/aromatic N) is 3. The SMILES string of the molecule is Cc1ccccc1N1C(=O)NC(=O)/C(=C\c2cccn2-c2ccc(N(C)C)cc2)C1=O. The Kier molecular flexibility index (Phi) is 5.17. The number of benzene rings is 2. The Hall–Kier alpha value is -4.13. The summed E-state index contributed by atoms with van der Waals surface area (Å²) in [5.41, 5.74) is 3.69. The Labute approximate surface area is 180 Å². The summed E-state index contributed by atoms with van der Waals surface area (Å²) < 4.78 is 1.88. The summed E-state index contributed by atoms with van der Waals surface area (Å²) in [7, 11) is 3.94. The summed E-state index contributed by atoms with van der Waals surface area (Å²) in [6.45, 7) is 1.80. The molecular weight excluding hydrogens is 392 g/mol. The molecule has 2 aromatic carbocycles. The molecular formula is C24H22N4O3. The number of amides is 4. The van der Waals surface area contributed by atoms with E-state index in [9.17, 15) is 14.4 Å². The Morgan fingerprint density at radius 3 is 2.29 bits per heavy atom. The topological polar surface area (TPSA) is 74.7 Å². The number of carbonyl (C=O) groups is 3. The van der Waals surface area contributed by atoms with Crippen LogP contribution in [0.5, 0.6) is 0 Å². The summed E-state index contributed by atoms with van der Waals surface area (Å²) in [4.78, 5) is 41.1. The van der Waals surface area contributed by atoms with Crippen LogP contribution in [0.3, 0.4) is 0 Å². The Bertz CT molecular complexity index is 1210. The molecule has 0 saturated carbocycles. The number of hydrogen-bond acceptors (Lipinski definition) is 4. The molecule has 7 heteroatoms. The second kappa shape index (κ2) is 7.95. The number of para-hydroxylation sites is 1. The molecule has 31 heavy (non-hydrogen) atoms. The standard InChI is InChI=1S/C24H22N4O3/c1-16-7-4-5-9-21(16)28-23(30)20(22(29)25-24(28)31)15-19-8-6-14-27(19)18-12-10-17(11-13-18)26(2)3/h4-15H,1-3H3,(H,25,29,31)/b20-15+. The summed E-state index contributed by atoms with van der Waals surface area (Å²) in [6.07, 6.45) is 3.36. The van der Waals surface area contributed by atoms with Gasteiger partial charge in [-0.3, -0.25) is 14.9 Å². The second-order valence-corrected chi connectivity index (χ2v) is 7.46. The maximum Gasteiger partial charge on any atom is 0.335 e. The summed E-state index contributed by atoms with van der Waals surface area (Å²) in [5.74, 6) is -1.37. The van der Waals surface area contributed by atoms with Gasteiger partial charge in [-0.1, -0.05) is 18.2 Å². The molecule has 0 spiro atoms. The number of hydrogen-bond donors (Lipinski definition) is 1. The molecule has 3 aromatic rings. The Morgan fingerprint density at radius 1 is 0.903 bits per heavy atom. The fourth-order valence-corrected chi connectivity index (χ4v) is 3.50. The number of aryl methyl sites for hydroxylation is 1. The molecule has 0 radical (unpaired) electrons. The lowest BCUT2D eigenvalue weighted by molar-refractivity contribution is -0.122. The lowest BCUT2D eigenvalue weighted by Gasteiger charge is -2.27. The fourth-order valence-electron chi connectivity index (χ4n) is 3.50. The molecule has 156 valence electrons. The molecule has 0 aliphatic carbocycles. The number of anilines is 2. The molecule has 7 nitrogen and oxygen atoms in total. The van der Waals surface area contributed by atoms with E-state index in [0.29, 0.717) is 11.4 Å². The summed E-state index contributed by atoms with van der Waals surface area (Å²) >= 11 is 0. The van der Waals surface area contributed by atoms with Crippen molar-refractivity contribution in [3.63, 3.8) is 0 Å². The third kappa shape index (κ3) is 3.73. The van der Waals surface area contributed by atoms with E-state index >= 15 is 0 Å². The van der Waals surface area contributed by atoms with Gasteiger partial charge in [-0.2, -0.15) is 0 Å². The quantitative estimate of drug-likeness (QED) is 0.524. The zero-order valence-electron chi connectivity index (χ0n) is 17.5. The third-order valence-electron chi connectivity index (χ3n) is 5.17. The number of imide groups is 2. The van der Waals surface area contributed by atoms with Crippen molar-refractivity contribution in [1.82, 2.24) is 9.88 Å². The van der Waals surface area contributed by atoms with Crippen molar-refractivity contribution in [2.45, 2.75) is 6.92 Å². The molecule has 2 heterocycles. The van der Waals surface area contributed by atoms with Crippen LogP contribution >= 0.6 is 0 Å². The predicted octanol–water partition coefficient (Wildman–Crippen LogP) is 3.52. The van der Waals surface area contributed by atoms with Gasteiger partial charge in [0.15, 0.2) is 0 Å². The normalized spacial score (nSPS) is 15.4. The van der Waals surface area contributed by atoms with Gasteiger partial charge in [-0.25, -0.2) is 9.69 Å². The zero-order chi connectivity index (χ0) is 22.1. The first-order chi connectivity index (χ1) is 14.9. The van der Waals surface area contributed by atoms with Crippen LogP contribution in [0, 0.1) is 6.92 Å². The summed E-state index contributed by atoms with van der Waals surface area (Å²) in [6, 6.07) is 17.8. The Morgan fingerprint density at radius 2 is 1.61 bits per heavy atom. The van der Waals surface area contributed by atoms with Gasteiger partial charge in [0.25, 0.3) is 11.8 Å². The van der Waals surface area contributed by atoms with Gasteiger partial charge in [0, 0.05) is 37.4 Å². The van der Waals surface area contributed by atoms with Crippen molar-refractivity contribution in [2.24, 2.45) is 0 Å². The van der Waals surface area contributed by atoms with Gasteiger partial charge >= 0.3 is 6.03 Å². The van der Waals surface area contributed by atoms with Gasteiger partial charge in [0.05, 0.1) is 5.69 Å². The highest BCUT2D eigenvalue weighted by atomic mass is 16.2. The Balaban J connectivity index is 1.73. The van der Waals surface area contributed by atoms with Crippen LogP contribution in [-0.2, 0) is 9.59 Å². The molecule has 1 aliphatic heterocycles. The molecule has 4 rings (SSSR count). The minimum atomic E-state index is -0.754. The van der Waals surface area contributed by atoms with E-state index in [1.54, 1.807) is 25.1 Å². The van der Waals surface area contributed by atoms with Crippen molar-refractivity contribution in [3.8, 4) is 5.69 Å². The van der Waals surface area contributed by atoms with E-state index in [0.717, 1.165) is 21.8 Å². The van der Waals surface area contributed by atoms with Crippen LogP contribution in [0.25, 0.3) is 11.8 Å². The molecule has 1 N–H and O–H groups in total. The average Bonchev–Trinajstić information content (AvgIpc) is 3.20. The van der Waals surface area contributed by atoms with E-state index in [-0.39, 0.29) is 5.57 Å². The minimum Gasteiger partial charge on any atom is -0.378 e. The number of rotatable bonds is 4. The predicted molar refractivity (Wildman–Crippen MR) is 120 cm³/mol. The molecule has 1 fully saturated rings. The zero-order valence-corrected chi connectivity index (χ0v) is 17.5. The van der Waals surface area contributed by atoms with Gasteiger partial charge < -0.3 is 9.47 Å². The van der Waals surface area contributed by atoms with Crippen LogP contribution in [0.15, 0.2) is 72.4 Å². The molecule has 1 aromatic heterocycles. The molecule has 4 amide bonds. The van der Waals surface area contributed by atoms with Crippen molar-refractivity contribution >= 4 is 35.3 Å². The molecule has 0 unspecified atom stereocenters. The number of carbonyl (C=O) groups excluding carboxylic acids is 3. The van der Waals surface area contributed by atoms with Crippen molar-refractivity contribution in [1.29, 1.82) is 0 Å². The van der Waals surface area contributed by atoms with Gasteiger partial charge in [0.2, 0.25) is 0 Å². The van der Waals surface area contributed by atoms with Gasteiger partial charge in [-0.15, -0.1) is 0 Å². The number of barbiturate groups is 1. The molecule has 1 aliphatic rings. The molecule has 0 bridgehead atoms. The lowest BCUT2D eigenvalue weighted by Crippen LogP contribution is -2.54. The lowest BCUT2D eigenvalue weighted by atomic mass is 10.1. The minimum absolute atomic E-state index is 0.104. The van der Waals surface area contributed by atoms with Gasteiger partial charge in [-0.05, 0) is 61.0 Å². The first-order valence-electron chi connectivity index (χ1n) is 9.79. The van der Waals surface area contributed by atoms with Crippen molar-refractivity contribution in [2.75, 3.05) is 23.9 Å². The fraction of sp³-hybridized carbons (Fsp3) is 0.125. The van der Waals surface area contributed by atoms with Crippen LogP contribution < -0.4 is 15.1 Å². The van der Waals surface area contributed by atoms with E-state index in [4.69, 9.17) is 0 Å². The maximum atomic E-state index is 13.2. The molecule has 0 atom stereocenters. The van der Waals surface area contributed by atoms with Crippen molar-refractivity contribution < 1.29 is 14.4 Å². The van der Waals surface area contributed by atoms with Crippen LogP contribution in [0.4, 0.5) is 16.2 Å². The first-order valence-corrected chi connectivity index (χ1v) is 9.79. The molecule has 1 saturated heterocycles. The summed E-state index contributed by atoms with van der Waals surface area (Å²) in [5, 5.41) is 2.27. The highest BCUT2D eigenvalue weighted by Crippen LogP contribution is 2.26. The van der Waals surface area contributed by atoms with E-state index in [1.807, 2.05) is 72.2 Å². The van der Waals surface area contributed by atoms with Crippen LogP contribution in [0.2, 0.25) is 0 Å². The second-order valence-electron chi connectivity index (χ2n) is 7.46. The highest BCUT2D eigenvalue weighted by molar-refractivity contribution is 6.39. The first kappa shape index (κ1) is 20.2. The third-order valence-corrected chi connectivity index (χ3v) is 5.17.